The van der Waals surface area contributed by atoms with E-state index in [4.69, 9.17) is 4.74 Å². The second-order valence-corrected chi connectivity index (χ2v) is 5.32. The molecular weight excluding hydrogens is 278 g/mol. The summed E-state index contributed by atoms with van der Waals surface area (Å²) < 4.78 is 5.66. The zero-order chi connectivity index (χ0) is 16.2. The Labute approximate surface area is 133 Å². The van der Waals surface area contributed by atoms with Crippen molar-refractivity contribution in [2.75, 3.05) is 19.8 Å². The van der Waals surface area contributed by atoms with E-state index in [0.717, 1.165) is 24.3 Å². The van der Waals surface area contributed by atoms with Crippen molar-refractivity contribution in [2.24, 2.45) is 0 Å². The molecule has 4 heteroatoms. The van der Waals surface area contributed by atoms with Crippen molar-refractivity contribution in [2.45, 2.75) is 45.3 Å². The molecule has 0 fully saturated rings. The van der Waals surface area contributed by atoms with Crippen LogP contribution < -0.4 is 10.1 Å². The summed E-state index contributed by atoms with van der Waals surface area (Å²) in [7, 11) is 0. The van der Waals surface area contributed by atoms with Crippen LogP contribution in [0.1, 0.15) is 38.7 Å². The van der Waals surface area contributed by atoms with Crippen LogP contribution in [0.5, 0.6) is 5.75 Å². The molecule has 0 aliphatic heterocycles. The Hall–Kier alpha value is -1.36. The number of rotatable bonds is 11. The second-order valence-electron chi connectivity index (χ2n) is 5.32. The number of hydrogen-bond donors (Lipinski definition) is 3. The van der Waals surface area contributed by atoms with Crippen molar-refractivity contribution < 1.29 is 14.9 Å². The van der Waals surface area contributed by atoms with Gasteiger partial charge in [0.05, 0.1) is 25.4 Å². The first-order valence-corrected chi connectivity index (χ1v) is 8.14. The Balaban J connectivity index is 2.47. The minimum absolute atomic E-state index is 0.0934. The van der Waals surface area contributed by atoms with Crippen LogP contribution in [0.25, 0.3) is 6.08 Å². The Morgan fingerprint density at radius 3 is 2.50 bits per heavy atom. The van der Waals surface area contributed by atoms with E-state index >= 15 is 0 Å². The molecule has 0 bridgehead atoms. The van der Waals surface area contributed by atoms with Gasteiger partial charge in [-0.25, -0.2) is 0 Å². The molecule has 2 atom stereocenters. The molecule has 0 amide bonds. The first-order valence-electron chi connectivity index (χ1n) is 8.14. The lowest BCUT2D eigenvalue weighted by molar-refractivity contribution is 0.125. The van der Waals surface area contributed by atoms with Crippen molar-refractivity contribution in [1.82, 2.24) is 5.32 Å². The molecular formula is C18H29NO3. The maximum Gasteiger partial charge on any atom is 0.119 e. The highest BCUT2D eigenvalue weighted by atomic mass is 16.5. The van der Waals surface area contributed by atoms with Gasteiger partial charge in [-0.15, -0.1) is 0 Å². The minimum Gasteiger partial charge on any atom is -0.494 e. The summed E-state index contributed by atoms with van der Waals surface area (Å²) in [5.41, 5.74) is 0.994. The topological polar surface area (TPSA) is 61.7 Å². The van der Waals surface area contributed by atoms with Gasteiger partial charge in [0.25, 0.3) is 0 Å². The highest BCUT2D eigenvalue weighted by molar-refractivity contribution is 5.51. The summed E-state index contributed by atoms with van der Waals surface area (Å²) in [5.74, 6) is 0.870. The number of aliphatic hydroxyl groups excluding tert-OH is 2. The lowest BCUT2D eigenvalue weighted by Crippen LogP contribution is -2.41. The quantitative estimate of drug-likeness (QED) is 0.550. The van der Waals surface area contributed by atoms with Crippen LogP contribution in [0.15, 0.2) is 30.3 Å². The maximum atomic E-state index is 9.99. The van der Waals surface area contributed by atoms with Crippen LogP contribution >= 0.6 is 0 Å². The SMILES string of the molecule is CCCCCOc1ccc(/C=C/[C@H](O)[C@@H](CO)NCC)cc1. The molecule has 0 spiro atoms. The largest absolute Gasteiger partial charge is 0.494 e. The molecule has 1 aromatic carbocycles. The normalized spacial score (nSPS) is 14.2. The minimum atomic E-state index is -0.713. The third-order valence-electron chi connectivity index (χ3n) is 3.46. The number of aliphatic hydroxyl groups is 2. The number of unbranched alkanes of at least 4 members (excludes halogenated alkanes) is 2. The van der Waals surface area contributed by atoms with Crippen LogP contribution in [0.2, 0.25) is 0 Å². The summed E-state index contributed by atoms with van der Waals surface area (Å²) in [4.78, 5) is 0. The Morgan fingerprint density at radius 1 is 1.18 bits per heavy atom. The van der Waals surface area contributed by atoms with Gasteiger partial charge in [0.15, 0.2) is 0 Å². The van der Waals surface area contributed by atoms with Crippen LogP contribution in [-0.4, -0.2) is 42.1 Å². The molecule has 0 saturated carbocycles. The van der Waals surface area contributed by atoms with Gasteiger partial charge in [-0.1, -0.05) is 51.0 Å². The number of nitrogens with one attached hydrogen (secondary N) is 1. The summed E-state index contributed by atoms with van der Waals surface area (Å²) >= 11 is 0. The fourth-order valence-electron chi connectivity index (χ4n) is 2.12. The van der Waals surface area contributed by atoms with Crippen LogP contribution in [-0.2, 0) is 0 Å². The predicted molar refractivity (Wildman–Crippen MR) is 91.1 cm³/mol. The van der Waals surface area contributed by atoms with Crippen molar-refractivity contribution in [1.29, 1.82) is 0 Å². The van der Waals surface area contributed by atoms with Crippen molar-refractivity contribution in [3.63, 3.8) is 0 Å². The number of likely N-dealkylation sites (N-methyl/N-ethyl adjacent to an activating group) is 1. The molecule has 0 radical (unpaired) electrons. The lowest BCUT2D eigenvalue weighted by Gasteiger charge is -2.18. The second kappa shape index (κ2) is 11.2. The van der Waals surface area contributed by atoms with Gasteiger partial charge in [-0.05, 0) is 30.7 Å². The van der Waals surface area contributed by atoms with Crippen molar-refractivity contribution in [3.05, 3.63) is 35.9 Å². The number of hydrogen-bond acceptors (Lipinski definition) is 4. The summed E-state index contributed by atoms with van der Waals surface area (Å²) in [5, 5.41) is 22.2. The van der Waals surface area contributed by atoms with E-state index in [2.05, 4.69) is 12.2 Å². The predicted octanol–water partition coefficient (Wildman–Crippen LogP) is 2.60. The monoisotopic (exact) mass is 307 g/mol. The summed E-state index contributed by atoms with van der Waals surface area (Å²) in [6.45, 7) is 5.48. The van der Waals surface area contributed by atoms with E-state index in [-0.39, 0.29) is 12.6 Å². The standard InChI is InChI=1S/C18H29NO3/c1-3-5-6-13-22-16-10-7-15(8-11-16)9-12-18(21)17(14-20)19-4-2/h7-12,17-21H,3-6,13-14H2,1-2H3/b12-9+/t17-,18+/m1/s1. The van der Waals surface area contributed by atoms with E-state index in [1.807, 2.05) is 37.3 Å². The van der Waals surface area contributed by atoms with Crippen molar-refractivity contribution in [3.8, 4) is 5.75 Å². The third-order valence-corrected chi connectivity index (χ3v) is 3.46. The number of ether oxygens (including phenoxy) is 1. The average Bonchev–Trinajstić information content (AvgIpc) is 2.55. The highest BCUT2D eigenvalue weighted by Crippen LogP contribution is 2.14. The van der Waals surface area contributed by atoms with E-state index in [1.165, 1.54) is 12.8 Å². The van der Waals surface area contributed by atoms with E-state index in [1.54, 1.807) is 6.08 Å². The zero-order valence-electron chi connectivity index (χ0n) is 13.7. The molecule has 1 aromatic rings. The Morgan fingerprint density at radius 2 is 1.91 bits per heavy atom. The van der Waals surface area contributed by atoms with Gasteiger partial charge in [0.1, 0.15) is 5.75 Å². The average molecular weight is 307 g/mol. The van der Waals surface area contributed by atoms with E-state index in [9.17, 15) is 10.2 Å². The fourth-order valence-corrected chi connectivity index (χ4v) is 2.12. The first-order chi connectivity index (χ1) is 10.7. The first kappa shape index (κ1) is 18.7. The zero-order valence-corrected chi connectivity index (χ0v) is 13.7. The van der Waals surface area contributed by atoms with Crippen LogP contribution in [0.4, 0.5) is 0 Å². The lowest BCUT2D eigenvalue weighted by atomic mass is 10.1. The van der Waals surface area contributed by atoms with Gasteiger partial charge in [0.2, 0.25) is 0 Å². The molecule has 22 heavy (non-hydrogen) atoms. The van der Waals surface area contributed by atoms with E-state index in [0.29, 0.717) is 6.54 Å². The fraction of sp³-hybridized carbons (Fsp3) is 0.556. The summed E-state index contributed by atoms with van der Waals surface area (Å²) in [6, 6.07) is 7.46. The molecule has 4 nitrogen and oxygen atoms in total. The van der Waals surface area contributed by atoms with E-state index < -0.39 is 6.10 Å². The summed E-state index contributed by atoms with van der Waals surface area (Å²) in [6.07, 6.45) is 6.30. The molecule has 0 saturated heterocycles. The van der Waals surface area contributed by atoms with Crippen LogP contribution in [0, 0.1) is 0 Å². The van der Waals surface area contributed by atoms with Gasteiger partial charge in [0, 0.05) is 0 Å². The highest BCUT2D eigenvalue weighted by Gasteiger charge is 2.13. The third kappa shape index (κ3) is 7.07. The molecule has 124 valence electrons. The molecule has 0 heterocycles. The Kier molecular flexibility index (Phi) is 9.55. The van der Waals surface area contributed by atoms with Gasteiger partial charge < -0.3 is 20.3 Å². The van der Waals surface area contributed by atoms with Crippen molar-refractivity contribution >= 4 is 6.08 Å². The smallest absolute Gasteiger partial charge is 0.119 e. The molecule has 0 aliphatic carbocycles. The van der Waals surface area contributed by atoms with Crippen LogP contribution in [0.3, 0.4) is 0 Å². The van der Waals surface area contributed by atoms with Gasteiger partial charge >= 0.3 is 0 Å². The van der Waals surface area contributed by atoms with Gasteiger partial charge in [-0.2, -0.15) is 0 Å². The maximum absolute atomic E-state index is 9.99. The number of benzene rings is 1. The molecule has 0 unspecified atom stereocenters. The molecule has 1 rings (SSSR count). The molecule has 3 N–H and O–H groups in total. The van der Waals surface area contributed by atoms with Gasteiger partial charge in [-0.3, -0.25) is 0 Å². The molecule has 0 aromatic heterocycles. The molecule has 0 aliphatic rings. The Bertz CT molecular complexity index is 417.